The molecule has 0 radical (unpaired) electrons. The average molecular weight is 1620 g/mol. The van der Waals surface area contributed by atoms with Crippen LogP contribution >= 0.6 is 0 Å². The van der Waals surface area contributed by atoms with Crippen molar-refractivity contribution in [3.63, 3.8) is 0 Å². The first kappa shape index (κ1) is 86.4. The SMILES string of the molecule is CC[C@@H]1C(=O)N(C)c2cnc(Nc3ccc(-c4cn([C@H]5CC[C@@H](N(CCOCCC#Cc6cccc7c6CN(C6CCC(=O)NC6=O)C7=O)C(=O)OCc6ccc(NC(=O)[C@H](CCCNC(N)=O)NC(=O)C(NC(=O)CCOCCOCCOCCOCCN7C(=O)C=CC7=O)C(C)C)cc6)CC5)nn4)cc3OC)nc2N1C1CCCC1. The van der Waals surface area contributed by atoms with Crippen LogP contribution in [0.25, 0.3) is 11.3 Å². The number of rotatable bonds is 41. The van der Waals surface area contributed by atoms with Crippen molar-refractivity contribution in [1.82, 2.24) is 60.9 Å². The van der Waals surface area contributed by atoms with Gasteiger partial charge in [0.1, 0.15) is 47.9 Å². The van der Waals surface area contributed by atoms with E-state index in [1.807, 2.05) is 42.1 Å². The van der Waals surface area contributed by atoms with Gasteiger partial charge in [-0.3, -0.25) is 53.4 Å². The molecular formula is C82H105N17O18. The highest BCUT2D eigenvalue weighted by Gasteiger charge is 2.43. The van der Waals surface area contributed by atoms with E-state index in [4.69, 9.17) is 43.9 Å². The lowest BCUT2D eigenvalue weighted by molar-refractivity contribution is -0.138. The van der Waals surface area contributed by atoms with E-state index in [0.29, 0.717) is 108 Å². The van der Waals surface area contributed by atoms with Crippen LogP contribution in [0.3, 0.4) is 0 Å². The van der Waals surface area contributed by atoms with Crippen LogP contribution in [-0.4, -0.2) is 241 Å². The highest BCUT2D eigenvalue weighted by atomic mass is 16.6. The van der Waals surface area contributed by atoms with Crippen molar-refractivity contribution in [2.24, 2.45) is 11.7 Å². The summed E-state index contributed by atoms with van der Waals surface area (Å²) in [7, 11) is 3.36. The molecule has 35 heteroatoms. The summed E-state index contributed by atoms with van der Waals surface area (Å²) in [5.74, 6) is 4.10. The fraction of sp³-hybridized carbons (Fsp3) is 0.524. The summed E-state index contributed by atoms with van der Waals surface area (Å²) in [6.45, 7) is 8.27. The maximum Gasteiger partial charge on any atom is 0.410 e. The van der Waals surface area contributed by atoms with Gasteiger partial charge in [0.05, 0.1) is 104 Å². The molecule has 6 heterocycles. The van der Waals surface area contributed by atoms with E-state index in [1.165, 1.54) is 17.1 Å². The summed E-state index contributed by atoms with van der Waals surface area (Å²) < 4.78 is 42.0. The molecule has 4 atom stereocenters. The quantitative estimate of drug-likeness (QED) is 0.0140. The van der Waals surface area contributed by atoms with Crippen molar-refractivity contribution < 1.29 is 85.9 Å². The van der Waals surface area contributed by atoms with E-state index in [0.717, 1.165) is 42.0 Å². The van der Waals surface area contributed by atoms with Gasteiger partial charge in [0.25, 0.3) is 17.7 Å². The number of piperidine rings is 1. The third-order valence-corrected chi connectivity index (χ3v) is 21.4. The summed E-state index contributed by atoms with van der Waals surface area (Å²) in [5.41, 5.74) is 10.8. The number of methoxy groups -OCH3 is 1. The lowest BCUT2D eigenvalue weighted by atomic mass is 9.90. The molecule has 11 rings (SSSR count). The molecule has 0 bridgehead atoms. The minimum atomic E-state index is -1.12. The minimum Gasteiger partial charge on any atom is -0.495 e. The number of fused-ring (bicyclic) bond motifs is 2. The number of nitrogens with zero attached hydrogens (tertiary/aromatic N) is 10. The van der Waals surface area contributed by atoms with Crippen molar-refractivity contribution in [2.75, 3.05) is 120 Å². The molecule has 4 aliphatic heterocycles. The van der Waals surface area contributed by atoms with Gasteiger partial charge in [-0.2, -0.15) is 4.98 Å². The summed E-state index contributed by atoms with van der Waals surface area (Å²) in [5, 5.41) is 25.8. The molecule has 2 aromatic heterocycles. The van der Waals surface area contributed by atoms with Crippen LogP contribution < -0.4 is 52.2 Å². The Morgan fingerprint density at radius 1 is 0.786 bits per heavy atom. The fourth-order valence-electron chi connectivity index (χ4n) is 15.1. The number of benzene rings is 3. The van der Waals surface area contributed by atoms with E-state index in [-0.39, 0.29) is 171 Å². The molecule has 2 unspecified atom stereocenters. The van der Waals surface area contributed by atoms with Gasteiger partial charge in [-0.15, -0.1) is 5.10 Å². The molecule has 6 aliphatic rings. The first-order valence-electron chi connectivity index (χ1n) is 40.1. The van der Waals surface area contributed by atoms with Gasteiger partial charge in [-0.05, 0) is 118 Å². The number of carbonyl (C=O) groups is 11. The zero-order chi connectivity index (χ0) is 82.9. The van der Waals surface area contributed by atoms with Gasteiger partial charge in [-0.1, -0.05) is 74.9 Å². The van der Waals surface area contributed by atoms with E-state index < -0.39 is 59.8 Å². The molecule has 12 amide bonds. The Kier molecular flexibility index (Phi) is 31.3. The van der Waals surface area contributed by atoms with Gasteiger partial charge in [0, 0.05) is 92.6 Å². The highest BCUT2D eigenvalue weighted by molar-refractivity contribution is 6.13. The van der Waals surface area contributed by atoms with Gasteiger partial charge < -0.3 is 85.1 Å². The van der Waals surface area contributed by atoms with Gasteiger partial charge >= 0.3 is 12.1 Å². The molecule has 3 aromatic carbocycles. The maximum atomic E-state index is 14.4. The Bertz CT molecular complexity index is 4440. The second kappa shape index (κ2) is 42.4. The monoisotopic (exact) mass is 1620 g/mol. The molecule has 8 N–H and O–H groups in total. The van der Waals surface area contributed by atoms with Crippen LogP contribution in [0.15, 0.2) is 85.2 Å². The van der Waals surface area contributed by atoms with Crippen LogP contribution in [0, 0.1) is 17.8 Å². The molecule has 1 saturated heterocycles. The number of hydrogen-bond donors (Lipinski definition) is 7. The number of nitrogens with two attached hydrogens (primary N) is 1. The predicted molar refractivity (Wildman–Crippen MR) is 427 cm³/mol. The van der Waals surface area contributed by atoms with Crippen molar-refractivity contribution in [3.05, 3.63) is 107 Å². The van der Waals surface area contributed by atoms with Crippen molar-refractivity contribution in [3.8, 4) is 28.8 Å². The average Bonchev–Trinajstić information content (AvgIpc) is 1.71. The van der Waals surface area contributed by atoms with Crippen LogP contribution in [0.4, 0.5) is 38.4 Å². The fourth-order valence-corrected chi connectivity index (χ4v) is 15.1. The molecule has 626 valence electrons. The first-order valence-corrected chi connectivity index (χ1v) is 40.1. The number of nitrogens with one attached hydrogen (secondary N) is 6. The van der Waals surface area contributed by atoms with Gasteiger partial charge in [-0.25, -0.2) is 19.3 Å². The summed E-state index contributed by atoms with van der Waals surface area (Å²) in [6.07, 6.45) is 13.9. The van der Waals surface area contributed by atoms with Crippen LogP contribution in [0.2, 0.25) is 0 Å². The molecule has 0 spiro atoms. The molecule has 5 aromatic rings. The number of likely N-dealkylation sites (N-methyl/N-ethyl adjacent to an activating group) is 1. The van der Waals surface area contributed by atoms with Crippen LogP contribution in [-0.2, 0) is 79.9 Å². The smallest absolute Gasteiger partial charge is 0.410 e. The Morgan fingerprint density at radius 2 is 1.50 bits per heavy atom. The molecule has 3 fully saturated rings. The standard InChI is InChI=1S/C82H105N17O18/c1-6-65-79(108)94(4)67-48-85-81(91-74(67)99(65)59-15-7-8-16-59)88-62-28-21-55(47-68(62)111-5)64-50-98(93-92-64)58-26-24-57(25-27-58)95(35-39-112-37-10-9-13-54-14-11-17-60-61(54)49-97(78(60)107)66-29-30-69(100)90-76(66)105)82(110)117-51-53-19-22-56(23-20-53)86-75(104)63(18-12-34-84-80(83)109)87-77(106)73(52(2)3)89-70(101)33-38-113-41-43-115-45-46-116-44-42-114-40-36-96-71(102)31-32-72(96)103/h11,14,17,19-23,28,31-32,47-48,50,52,57-59,63,65-66,73H,6-8,10,12,15-16,18,24-27,29-30,33-46,49,51H2,1-5H3,(H,86,104)(H,87,106)(H,89,101)(H3,83,84,109)(H,85,88,91)(H,90,100,105)/t57-,58+,63-,65+,66?,73?/m0/s1. The summed E-state index contributed by atoms with van der Waals surface area (Å²) in [4.78, 5) is 160. The zero-order valence-corrected chi connectivity index (χ0v) is 66.8. The molecular weight excluding hydrogens is 1510 g/mol. The topological polar surface area (TPSA) is 423 Å². The Hall–Kier alpha value is -11.4. The number of hydrogen-bond acceptors (Lipinski definition) is 24. The second-order valence-corrected chi connectivity index (χ2v) is 29.6. The molecule has 117 heavy (non-hydrogen) atoms. The van der Waals surface area contributed by atoms with Crippen molar-refractivity contribution in [2.45, 2.75) is 173 Å². The Balaban J connectivity index is 0.672. The third kappa shape index (κ3) is 23.2. The number of anilines is 5. The lowest BCUT2D eigenvalue weighted by Gasteiger charge is -2.43. The number of primary amides is 1. The van der Waals surface area contributed by atoms with Gasteiger partial charge in [0.15, 0.2) is 5.82 Å². The lowest BCUT2D eigenvalue weighted by Crippen LogP contribution is -2.55. The number of imide groups is 2. The number of urea groups is 1. The molecule has 2 aliphatic carbocycles. The van der Waals surface area contributed by atoms with E-state index in [1.54, 1.807) is 80.4 Å². The van der Waals surface area contributed by atoms with Crippen LogP contribution in [0.5, 0.6) is 5.75 Å². The van der Waals surface area contributed by atoms with E-state index >= 15 is 0 Å². The van der Waals surface area contributed by atoms with Crippen molar-refractivity contribution >= 4 is 94.1 Å². The minimum absolute atomic E-state index is 0.0377. The number of ether oxygens (including phenoxy) is 7. The zero-order valence-electron chi connectivity index (χ0n) is 66.8. The Morgan fingerprint density at radius 3 is 2.19 bits per heavy atom. The first-order chi connectivity index (χ1) is 56.7. The Labute approximate surface area is 678 Å². The number of carbonyl (C=O) groups excluding carboxylic acids is 11. The van der Waals surface area contributed by atoms with Crippen molar-refractivity contribution in [1.29, 1.82) is 0 Å². The number of aromatic nitrogens is 5. The third-order valence-electron chi connectivity index (χ3n) is 21.4. The van der Waals surface area contributed by atoms with Gasteiger partial charge in [0.2, 0.25) is 41.4 Å². The summed E-state index contributed by atoms with van der Waals surface area (Å²) in [6, 6.07) is 13.6. The van der Waals surface area contributed by atoms with Crippen LogP contribution in [0.1, 0.15) is 150 Å². The van der Waals surface area contributed by atoms with E-state index in [9.17, 15) is 52.7 Å². The maximum absolute atomic E-state index is 14.4. The second-order valence-electron chi connectivity index (χ2n) is 29.6. The molecule has 2 saturated carbocycles. The summed E-state index contributed by atoms with van der Waals surface area (Å²) >= 11 is 0. The van der Waals surface area contributed by atoms with E-state index in [2.05, 4.69) is 63.9 Å². The molecule has 35 nitrogen and oxygen atoms in total. The number of amides is 12. The highest BCUT2D eigenvalue weighted by Crippen LogP contribution is 2.42. The normalized spacial score (nSPS) is 18.4. The predicted octanol–water partition coefficient (Wildman–Crippen LogP) is 5.73. The largest absolute Gasteiger partial charge is 0.495 e.